The Labute approximate surface area is 179 Å². The fourth-order valence-corrected chi connectivity index (χ4v) is 3.43. The third-order valence-corrected chi connectivity index (χ3v) is 4.96. The number of nitrogens with zero attached hydrogens (tertiary/aromatic N) is 3. The fraction of sp³-hybridized carbons (Fsp3) is 0.273. The van der Waals surface area contributed by atoms with Crippen molar-refractivity contribution >= 4 is 29.0 Å². The molecule has 1 fully saturated rings. The summed E-state index contributed by atoms with van der Waals surface area (Å²) in [5.41, 5.74) is 1.13. The molecule has 1 aliphatic rings. The third kappa shape index (κ3) is 4.93. The number of anilines is 2. The van der Waals surface area contributed by atoms with Crippen LogP contribution in [0.1, 0.15) is 18.4 Å². The van der Waals surface area contributed by atoms with Gasteiger partial charge in [-0.15, -0.1) is 0 Å². The summed E-state index contributed by atoms with van der Waals surface area (Å²) in [5.74, 6) is 0.291. The number of nitro benzene ring substituents is 1. The molecular weight excluding hydrogens is 400 g/mol. The molecule has 1 amide bonds. The summed E-state index contributed by atoms with van der Waals surface area (Å²) in [6.07, 6.45) is 3.32. The van der Waals surface area contributed by atoms with Crippen molar-refractivity contribution in [2.75, 3.05) is 37.5 Å². The molecular formula is C22H22N4O5. The predicted molar refractivity (Wildman–Crippen MR) is 116 cm³/mol. The Kier molecular flexibility index (Phi) is 6.72. The highest BCUT2D eigenvalue weighted by Gasteiger charge is 2.22. The van der Waals surface area contributed by atoms with E-state index >= 15 is 0 Å². The van der Waals surface area contributed by atoms with Crippen molar-refractivity contribution in [1.29, 1.82) is 5.26 Å². The Bertz CT molecular complexity index is 1070. The Morgan fingerprint density at radius 1 is 1.16 bits per heavy atom. The number of carbonyl (C=O) groups excluding carboxylic acids is 1. The highest BCUT2D eigenvalue weighted by molar-refractivity contribution is 6.09. The maximum atomic E-state index is 12.6. The highest BCUT2D eigenvalue weighted by atomic mass is 16.6. The number of ether oxygens (including phenoxy) is 2. The molecule has 1 aliphatic heterocycles. The number of nitrogens with one attached hydrogen (secondary N) is 1. The van der Waals surface area contributed by atoms with Crippen molar-refractivity contribution in [3.8, 4) is 17.6 Å². The summed E-state index contributed by atoms with van der Waals surface area (Å²) < 4.78 is 10.4. The van der Waals surface area contributed by atoms with E-state index < -0.39 is 10.8 Å². The fourth-order valence-electron chi connectivity index (χ4n) is 3.43. The van der Waals surface area contributed by atoms with E-state index in [2.05, 4.69) is 5.32 Å². The molecule has 9 heteroatoms. The van der Waals surface area contributed by atoms with Crippen LogP contribution in [0.25, 0.3) is 6.08 Å². The smallest absolute Gasteiger partial charge is 0.293 e. The topological polar surface area (TPSA) is 118 Å². The van der Waals surface area contributed by atoms with Gasteiger partial charge in [0.25, 0.3) is 11.6 Å². The minimum atomic E-state index is -0.638. The van der Waals surface area contributed by atoms with Crippen molar-refractivity contribution in [3.05, 3.63) is 57.6 Å². The molecule has 0 spiro atoms. The Morgan fingerprint density at radius 3 is 2.48 bits per heavy atom. The van der Waals surface area contributed by atoms with Gasteiger partial charge in [0.05, 0.1) is 19.1 Å². The average molecular weight is 422 g/mol. The summed E-state index contributed by atoms with van der Waals surface area (Å²) in [7, 11) is 2.98. The summed E-state index contributed by atoms with van der Waals surface area (Å²) in [6.45, 7) is 1.54. The van der Waals surface area contributed by atoms with Crippen molar-refractivity contribution in [2.24, 2.45) is 0 Å². The first-order valence-electron chi connectivity index (χ1n) is 9.65. The van der Waals surface area contributed by atoms with Crippen LogP contribution >= 0.6 is 0 Å². The Morgan fingerprint density at radius 2 is 1.87 bits per heavy atom. The van der Waals surface area contributed by atoms with Gasteiger partial charge in [0.15, 0.2) is 11.5 Å². The summed E-state index contributed by atoms with van der Waals surface area (Å²) in [6, 6.07) is 11.4. The van der Waals surface area contributed by atoms with Gasteiger partial charge in [0, 0.05) is 30.9 Å². The van der Waals surface area contributed by atoms with Crippen LogP contribution in [0.3, 0.4) is 0 Å². The molecule has 9 nitrogen and oxygen atoms in total. The van der Waals surface area contributed by atoms with Gasteiger partial charge >= 0.3 is 0 Å². The second-order valence-electron chi connectivity index (χ2n) is 6.89. The van der Waals surface area contributed by atoms with Gasteiger partial charge in [-0.05, 0) is 42.7 Å². The van der Waals surface area contributed by atoms with Crippen LogP contribution in [0.15, 0.2) is 42.0 Å². The maximum absolute atomic E-state index is 12.6. The van der Waals surface area contributed by atoms with Gasteiger partial charge in [-0.3, -0.25) is 14.9 Å². The van der Waals surface area contributed by atoms with E-state index in [-0.39, 0.29) is 11.3 Å². The van der Waals surface area contributed by atoms with Gasteiger partial charge in [0.1, 0.15) is 17.3 Å². The number of carbonyl (C=O) groups is 1. The number of nitriles is 1. The third-order valence-electron chi connectivity index (χ3n) is 4.96. The predicted octanol–water partition coefficient (Wildman–Crippen LogP) is 3.76. The SMILES string of the molecule is COc1ccc(NC(=O)/C(C#N)=C\c2ccc(N3CCCC3)c([N+](=O)[O-])c2)cc1OC. The minimum absolute atomic E-state index is 0.0479. The first kappa shape index (κ1) is 21.6. The van der Waals surface area contributed by atoms with E-state index in [1.165, 1.54) is 26.4 Å². The van der Waals surface area contributed by atoms with Gasteiger partial charge in [-0.2, -0.15) is 5.26 Å². The molecule has 0 radical (unpaired) electrons. The van der Waals surface area contributed by atoms with Crippen LogP contribution in [-0.4, -0.2) is 38.1 Å². The molecule has 0 saturated carbocycles. The van der Waals surface area contributed by atoms with Crippen molar-refractivity contribution in [1.82, 2.24) is 0 Å². The molecule has 2 aromatic carbocycles. The highest BCUT2D eigenvalue weighted by Crippen LogP contribution is 2.33. The van der Waals surface area contributed by atoms with E-state index in [4.69, 9.17) is 9.47 Å². The minimum Gasteiger partial charge on any atom is -0.493 e. The molecule has 0 aromatic heterocycles. The van der Waals surface area contributed by atoms with Crippen LogP contribution in [-0.2, 0) is 4.79 Å². The average Bonchev–Trinajstić information content (AvgIpc) is 3.31. The number of hydrogen-bond donors (Lipinski definition) is 1. The van der Waals surface area contributed by atoms with Crippen molar-refractivity contribution in [3.63, 3.8) is 0 Å². The number of nitro groups is 1. The van der Waals surface area contributed by atoms with E-state index in [1.54, 1.807) is 30.3 Å². The van der Waals surface area contributed by atoms with Crippen LogP contribution in [0.5, 0.6) is 11.5 Å². The Hall–Kier alpha value is -4.06. The first-order valence-corrected chi connectivity index (χ1v) is 9.65. The Balaban J connectivity index is 1.85. The molecule has 0 aliphatic carbocycles. The van der Waals surface area contributed by atoms with Gasteiger partial charge in [0.2, 0.25) is 0 Å². The number of hydrogen-bond acceptors (Lipinski definition) is 7. The lowest BCUT2D eigenvalue weighted by molar-refractivity contribution is -0.384. The van der Waals surface area contributed by atoms with Crippen molar-refractivity contribution in [2.45, 2.75) is 12.8 Å². The second kappa shape index (κ2) is 9.63. The lowest BCUT2D eigenvalue weighted by Gasteiger charge is -2.17. The molecule has 1 saturated heterocycles. The molecule has 2 aromatic rings. The summed E-state index contributed by atoms with van der Waals surface area (Å²) in [5, 5.41) is 23.6. The van der Waals surface area contributed by atoms with E-state index in [0.29, 0.717) is 28.4 Å². The molecule has 3 rings (SSSR count). The lowest BCUT2D eigenvalue weighted by Crippen LogP contribution is -2.18. The van der Waals surface area contributed by atoms with Crippen LogP contribution in [0.4, 0.5) is 17.1 Å². The number of benzene rings is 2. The number of methoxy groups -OCH3 is 2. The van der Waals surface area contributed by atoms with E-state index in [1.807, 2.05) is 11.0 Å². The number of rotatable bonds is 7. The molecule has 0 atom stereocenters. The van der Waals surface area contributed by atoms with Gasteiger partial charge in [-0.1, -0.05) is 6.07 Å². The summed E-state index contributed by atoms with van der Waals surface area (Å²) in [4.78, 5) is 25.7. The van der Waals surface area contributed by atoms with Gasteiger partial charge in [-0.25, -0.2) is 0 Å². The van der Waals surface area contributed by atoms with Gasteiger partial charge < -0.3 is 19.7 Å². The zero-order chi connectivity index (χ0) is 22.4. The maximum Gasteiger partial charge on any atom is 0.293 e. The molecule has 31 heavy (non-hydrogen) atoms. The van der Waals surface area contributed by atoms with E-state index in [0.717, 1.165) is 25.9 Å². The van der Waals surface area contributed by atoms with Crippen molar-refractivity contribution < 1.29 is 19.2 Å². The zero-order valence-corrected chi connectivity index (χ0v) is 17.3. The molecule has 0 bridgehead atoms. The largest absolute Gasteiger partial charge is 0.493 e. The normalized spacial score (nSPS) is 13.5. The van der Waals surface area contributed by atoms with Crippen LogP contribution in [0.2, 0.25) is 0 Å². The zero-order valence-electron chi connectivity index (χ0n) is 17.3. The molecule has 1 N–H and O–H groups in total. The van der Waals surface area contributed by atoms with Crippen LogP contribution in [0, 0.1) is 21.4 Å². The molecule has 1 heterocycles. The second-order valence-corrected chi connectivity index (χ2v) is 6.89. The monoisotopic (exact) mass is 422 g/mol. The standard InChI is InChI=1S/C22H22N4O5/c1-30-20-8-6-17(13-21(20)31-2)24-22(27)16(14-23)11-15-5-7-18(19(12-15)26(28)29)25-9-3-4-10-25/h5-8,11-13H,3-4,9-10H2,1-2H3,(H,24,27)/b16-11-. The quantitative estimate of drug-likeness (QED) is 0.312. The summed E-state index contributed by atoms with van der Waals surface area (Å²) >= 11 is 0. The lowest BCUT2D eigenvalue weighted by atomic mass is 10.1. The van der Waals surface area contributed by atoms with E-state index in [9.17, 15) is 20.2 Å². The first-order chi connectivity index (χ1) is 15.0. The molecule has 0 unspecified atom stereocenters. The number of amides is 1. The molecule has 160 valence electrons. The van der Waals surface area contributed by atoms with Crippen LogP contribution < -0.4 is 19.7 Å².